The van der Waals surface area contributed by atoms with E-state index in [-0.39, 0.29) is 0 Å². The predicted octanol–water partition coefficient (Wildman–Crippen LogP) is 1.47. The summed E-state index contributed by atoms with van der Waals surface area (Å²) in [5, 5.41) is 10.8. The minimum Gasteiger partial charge on any atom is -0.357 e. The lowest BCUT2D eigenvalue weighted by molar-refractivity contribution is 0.275. The normalized spacial score (nSPS) is 18.1. The van der Waals surface area contributed by atoms with Crippen molar-refractivity contribution in [1.29, 1.82) is 0 Å². The highest BCUT2D eigenvalue weighted by Crippen LogP contribution is 2.18. The van der Waals surface area contributed by atoms with Crippen LogP contribution in [0.15, 0.2) is 21.8 Å². The molecule has 0 radical (unpaired) electrons. The minimum atomic E-state index is -3.05. The first-order valence-electron chi connectivity index (χ1n) is 7.97. The second-order valence-electron chi connectivity index (χ2n) is 5.81. The van der Waals surface area contributed by atoms with E-state index in [0.717, 1.165) is 31.9 Å². The van der Waals surface area contributed by atoms with Gasteiger partial charge in [-0.2, -0.15) is 11.3 Å². The van der Waals surface area contributed by atoms with Gasteiger partial charge in [-0.25, -0.2) is 17.7 Å². The molecule has 0 aliphatic carbocycles. The van der Waals surface area contributed by atoms with Crippen LogP contribution in [-0.2, 0) is 16.6 Å². The Labute approximate surface area is 143 Å². The van der Waals surface area contributed by atoms with Gasteiger partial charge in [0, 0.05) is 26.2 Å². The van der Waals surface area contributed by atoms with Crippen LogP contribution in [0.5, 0.6) is 0 Å². The third-order valence-electron chi connectivity index (χ3n) is 3.94. The van der Waals surface area contributed by atoms with Crippen molar-refractivity contribution in [3.8, 4) is 0 Å². The van der Waals surface area contributed by atoms with Crippen molar-refractivity contribution in [3.05, 3.63) is 22.4 Å². The molecule has 0 atom stereocenters. The molecule has 0 unspecified atom stereocenters. The van der Waals surface area contributed by atoms with Crippen LogP contribution in [-0.4, -0.2) is 51.1 Å². The zero-order valence-electron chi connectivity index (χ0n) is 13.8. The molecule has 2 N–H and O–H groups in total. The van der Waals surface area contributed by atoms with Crippen molar-refractivity contribution in [1.82, 2.24) is 14.9 Å². The molecule has 1 saturated heterocycles. The van der Waals surface area contributed by atoms with Crippen LogP contribution < -0.4 is 10.6 Å². The number of hydrogen-bond donors (Lipinski definition) is 2. The van der Waals surface area contributed by atoms with E-state index in [0.29, 0.717) is 25.6 Å². The van der Waals surface area contributed by atoms with Gasteiger partial charge in [-0.05, 0) is 48.1 Å². The van der Waals surface area contributed by atoms with E-state index in [1.165, 1.54) is 11.8 Å². The molecule has 1 aromatic heterocycles. The lowest BCUT2D eigenvalue weighted by atomic mass is 9.98. The quantitative estimate of drug-likeness (QED) is 0.597. The zero-order chi connectivity index (χ0) is 16.7. The van der Waals surface area contributed by atoms with E-state index in [2.05, 4.69) is 32.5 Å². The third kappa shape index (κ3) is 6.12. The number of nitrogens with one attached hydrogen (secondary N) is 2. The number of rotatable bonds is 6. The standard InChI is InChI=1S/C15H26N4O2S2/c1-3-16-15(18-11-14-6-9-22-12-14)17-10-13-4-7-19(8-5-13)23(2,20)21/h6,9,12-13H,3-5,7-8,10-11H2,1-2H3,(H2,16,17,18). The summed E-state index contributed by atoms with van der Waals surface area (Å²) in [6.45, 7) is 5.61. The van der Waals surface area contributed by atoms with Gasteiger partial charge in [0.15, 0.2) is 5.96 Å². The molecule has 1 aromatic rings. The maximum Gasteiger partial charge on any atom is 0.211 e. The van der Waals surface area contributed by atoms with E-state index in [9.17, 15) is 8.42 Å². The molecule has 6 nitrogen and oxygen atoms in total. The van der Waals surface area contributed by atoms with Crippen molar-refractivity contribution >= 4 is 27.3 Å². The average molecular weight is 359 g/mol. The molecule has 1 aliphatic heterocycles. The number of aliphatic imine (C=N–C) groups is 1. The highest BCUT2D eigenvalue weighted by atomic mass is 32.2. The van der Waals surface area contributed by atoms with Crippen molar-refractivity contribution in [2.24, 2.45) is 10.9 Å². The number of thiophene rings is 1. The van der Waals surface area contributed by atoms with E-state index in [4.69, 9.17) is 0 Å². The summed E-state index contributed by atoms with van der Waals surface area (Å²) in [6, 6.07) is 2.08. The SMILES string of the molecule is CCNC(=NCc1ccsc1)NCC1CCN(S(C)(=O)=O)CC1. The Bertz CT molecular complexity index is 591. The average Bonchev–Trinajstić information content (AvgIpc) is 3.03. The second kappa shape index (κ2) is 8.65. The molecule has 0 amide bonds. The Morgan fingerprint density at radius 1 is 1.39 bits per heavy atom. The van der Waals surface area contributed by atoms with Gasteiger partial charge >= 0.3 is 0 Å². The van der Waals surface area contributed by atoms with Gasteiger partial charge in [-0.3, -0.25) is 0 Å². The smallest absolute Gasteiger partial charge is 0.211 e. The lowest BCUT2D eigenvalue weighted by Gasteiger charge is -2.30. The maximum absolute atomic E-state index is 11.5. The largest absolute Gasteiger partial charge is 0.357 e. The van der Waals surface area contributed by atoms with E-state index in [1.54, 1.807) is 15.6 Å². The van der Waals surface area contributed by atoms with E-state index < -0.39 is 10.0 Å². The third-order valence-corrected chi connectivity index (χ3v) is 5.98. The topological polar surface area (TPSA) is 73.8 Å². The fraction of sp³-hybridized carbons (Fsp3) is 0.667. The number of nitrogens with zero attached hydrogens (tertiary/aromatic N) is 2. The molecule has 8 heteroatoms. The number of hydrogen-bond acceptors (Lipinski definition) is 4. The van der Waals surface area contributed by atoms with Crippen LogP contribution in [0.2, 0.25) is 0 Å². The molecule has 23 heavy (non-hydrogen) atoms. The molecule has 0 spiro atoms. The molecule has 2 heterocycles. The van der Waals surface area contributed by atoms with Gasteiger partial charge in [-0.15, -0.1) is 0 Å². The molecule has 130 valence electrons. The first-order chi connectivity index (χ1) is 11.0. The van der Waals surface area contributed by atoms with Gasteiger partial charge in [0.25, 0.3) is 0 Å². The molecule has 0 bridgehead atoms. The molecule has 2 rings (SSSR count). The van der Waals surface area contributed by atoms with Gasteiger partial charge in [0.1, 0.15) is 0 Å². The second-order valence-corrected chi connectivity index (χ2v) is 8.58. The lowest BCUT2D eigenvalue weighted by Crippen LogP contribution is -2.44. The molecule has 0 aromatic carbocycles. The highest BCUT2D eigenvalue weighted by molar-refractivity contribution is 7.88. The predicted molar refractivity (Wildman–Crippen MR) is 96.3 cm³/mol. The molecular formula is C15H26N4O2S2. The van der Waals surface area contributed by atoms with E-state index in [1.807, 2.05) is 6.92 Å². The number of piperidine rings is 1. The monoisotopic (exact) mass is 358 g/mol. The van der Waals surface area contributed by atoms with Crippen molar-refractivity contribution in [2.75, 3.05) is 32.4 Å². The summed E-state index contributed by atoms with van der Waals surface area (Å²) >= 11 is 1.68. The Morgan fingerprint density at radius 2 is 2.13 bits per heavy atom. The van der Waals surface area contributed by atoms with Crippen LogP contribution in [0.25, 0.3) is 0 Å². The summed E-state index contributed by atoms with van der Waals surface area (Å²) in [6.07, 6.45) is 3.07. The molecular weight excluding hydrogens is 332 g/mol. The van der Waals surface area contributed by atoms with Gasteiger partial charge in [0.05, 0.1) is 12.8 Å². The van der Waals surface area contributed by atoms with Gasteiger partial charge in [-0.1, -0.05) is 0 Å². The van der Waals surface area contributed by atoms with Crippen molar-refractivity contribution < 1.29 is 8.42 Å². The zero-order valence-corrected chi connectivity index (χ0v) is 15.4. The number of sulfonamides is 1. The minimum absolute atomic E-state index is 0.484. The fourth-order valence-corrected chi connectivity index (χ4v) is 4.11. The molecule has 1 fully saturated rings. The Kier molecular flexibility index (Phi) is 6.86. The summed E-state index contributed by atoms with van der Waals surface area (Å²) in [5.41, 5.74) is 1.22. The van der Waals surface area contributed by atoms with Crippen LogP contribution in [0.3, 0.4) is 0 Å². The first-order valence-corrected chi connectivity index (χ1v) is 10.8. The van der Waals surface area contributed by atoms with E-state index >= 15 is 0 Å². The summed E-state index contributed by atoms with van der Waals surface area (Å²) < 4.78 is 24.6. The van der Waals surface area contributed by atoms with Crippen molar-refractivity contribution in [3.63, 3.8) is 0 Å². The maximum atomic E-state index is 11.5. The molecule has 0 saturated carbocycles. The van der Waals surface area contributed by atoms with Crippen LogP contribution in [0, 0.1) is 5.92 Å². The summed E-state index contributed by atoms with van der Waals surface area (Å²) in [4.78, 5) is 4.59. The molecule has 1 aliphatic rings. The summed E-state index contributed by atoms with van der Waals surface area (Å²) in [5.74, 6) is 1.31. The Balaban J connectivity index is 1.79. The van der Waals surface area contributed by atoms with Crippen LogP contribution in [0.4, 0.5) is 0 Å². The van der Waals surface area contributed by atoms with Crippen molar-refractivity contribution in [2.45, 2.75) is 26.3 Å². The van der Waals surface area contributed by atoms with Crippen LogP contribution >= 0.6 is 11.3 Å². The van der Waals surface area contributed by atoms with Gasteiger partial charge in [0.2, 0.25) is 10.0 Å². The first kappa shape index (κ1) is 18.2. The number of guanidine groups is 1. The van der Waals surface area contributed by atoms with Gasteiger partial charge < -0.3 is 10.6 Å². The Hall–Kier alpha value is -1.12. The Morgan fingerprint density at radius 3 is 2.70 bits per heavy atom. The summed E-state index contributed by atoms with van der Waals surface area (Å²) in [7, 11) is -3.05. The highest BCUT2D eigenvalue weighted by Gasteiger charge is 2.24. The fourth-order valence-electron chi connectivity index (χ4n) is 2.58. The van der Waals surface area contributed by atoms with Crippen LogP contribution in [0.1, 0.15) is 25.3 Å².